The second-order valence-corrected chi connectivity index (χ2v) is 2.29. The molecule has 0 radical (unpaired) electrons. The largest absolute Gasteiger partial charge is 0.546 e. The molecule has 0 aromatic heterocycles. The quantitative estimate of drug-likeness (QED) is 0.473. The Balaban J connectivity index is 2.37. The Morgan fingerprint density at radius 3 is 2.77 bits per heavy atom. The maximum atomic E-state index is 9.90. The summed E-state index contributed by atoms with van der Waals surface area (Å²) in [5.41, 5.74) is 0.848. The van der Waals surface area contributed by atoms with Crippen molar-refractivity contribution in [2.45, 2.75) is 0 Å². The van der Waals surface area contributed by atoms with Crippen LogP contribution in [0.4, 0.5) is 0 Å². The Bertz CT molecular complexity index is 295. The Morgan fingerprint density at radius 1 is 1.46 bits per heavy atom. The van der Waals surface area contributed by atoms with E-state index in [9.17, 15) is 9.90 Å². The Morgan fingerprint density at radius 2 is 2.15 bits per heavy atom. The van der Waals surface area contributed by atoms with Crippen LogP contribution in [0.25, 0.3) is 0 Å². The van der Waals surface area contributed by atoms with Gasteiger partial charge in [-0.15, -0.1) is 0 Å². The van der Waals surface area contributed by atoms with Crippen LogP contribution in [-0.4, -0.2) is 18.8 Å². The van der Waals surface area contributed by atoms with Gasteiger partial charge in [0.25, 0.3) is 0 Å². The second kappa shape index (κ2) is 4.92. The lowest BCUT2D eigenvalue weighted by Crippen LogP contribution is -2.26. The van der Waals surface area contributed by atoms with Crippen LogP contribution in [0.5, 0.6) is 0 Å². The number of carboxylic acid groups (broad SMARTS) is 1. The van der Waals surface area contributed by atoms with E-state index in [1.807, 2.05) is 30.3 Å². The number of hydrogen-bond acceptors (Lipinski definition) is 4. The van der Waals surface area contributed by atoms with Gasteiger partial charge < -0.3 is 14.7 Å². The minimum absolute atomic E-state index is 0.524. The molecule has 4 nitrogen and oxygen atoms in total. The highest BCUT2D eigenvalue weighted by Crippen LogP contribution is 1.93. The average Bonchev–Trinajstić information content (AvgIpc) is 2.14. The zero-order valence-electron chi connectivity index (χ0n) is 6.84. The molecule has 0 N–H and O–H groups in total. The summed E-state index contributed by atoms with van der Waals surface area (Å²) < 4.78 is 0. The van der Waals surface area contributed by atoms with Crippen LogP contribution >= 0.6 is 0 Å². The van der Waals surface area contributed by atoms with E-state index in [-0.39, 0.29) is 0 Å². The molecule has 1 rings (SSSR count). The monoisotopic (exact) mass is 178 g/mol. The number of rotatable bonds is 4. The molecule has 0 spiro atoms. The molecule has 0 aliphatic heterocycles. The van der Waals surface area contributed by atoms with Crippen molar-refractivity contribution in [3.8, 4) is 0 Å². The SMILES string of the molecule is O=C([O-])CO/N=C/c1ccccc1. The summed E-state index contributed by atoms with van der Waals surface area (Å²) in [7, 11) is 0. The molecule has 0 aliphatic rings. The molecule has 1 aromatic carbocycles. The van der Waals surface area contributed by atoms with E-state index >= 15 is 0 Å². The van der Waals surface area contributed by atoms with E-state index in [0.29, 0.717) is 0 Å². The molecular formula is C9H8NO3-. The summed E-state index contributed by atoms with van der Waals surface area (Å²) >= 11 is 0. The van der Waals surface area contributed by atoms with Crippen molar-refractivity contribution in [2.24, 2.45) is 5.16 Å². The number of carboxylic acids is 1. The number of aliphatic carboxylic acids is 1. The first-order valence-electron chi connectivity index (χ1n) is 3.69. The van der Waals surface area contributed by atoms with Crippen LogP contribution in [0.15, 0.2) is 35.5 Å². The summed E-state index contributed by atoms with van der Waals surface area (Å²) in [5, 5.41) is 13.3. The summed E-state index contributed by atoms with van der Waals surface area (Å²) in [6.45, 7) is -0.524. The topological polar surface area (TPSA) is 61.7 Å². The Kier molecular flexibility index (Phi) is 3.50. The smallest absolute Gasteiger partial charge is 0.156 e. The highest BCUT2D eigenvalue weighted by molar-refractivity contribution is 5.78. The fraction of sp³-hybridized carbons (Fsp3) is 0.111. The van der Waals surface area contributed by atoms with Crippen molar-refractivity contribution in [1.29, 1.82) is 0 Å². The normalized spacial score (nSPS) is 10.2. The van der Waals surface area contributed by atoms with E-state index < -0.39 is 12.6 Å². The molecular weight excluding hydrogens is 170 g/mol. The Hall–Kier alpha value is -1.84. The third-order valence-electron chi connectivity index (χ3n) is 1.26. The van der Waals surface area contributed by atoms with Gasteiger partial charge in [-0.05, 0) is 5.56 Å². The summed E-state index contributed by atoms with van der Waals surface area (Å²) in [4.78, 5) is 14.3. The number of carbonyl (C=O) groups excluding carboxylic acids is 1. The van der Waals surface area contributed by atoms with Crippen LogP contribution in [0.3, 0.4) is 0 Å². The third kappa shape index (κ3) is 3.91. The van der Waals surface area contributed by atoms with Crippen molar-refractivity contribution >= 4 is 12.2 Å². The van der Waals surface area contributed by atoms with Gasteiger partial charge in [-0.3, -0.25) is 0 Å². The van der Waals surface area contributed by atoms with Crippen molar-refractivity contribution in [2.75, 3.05) is 6.61 Å². The van der Waals surface area contributed by atoms with Crippen LogP contribution in [0.2, 0.25) is 0 Å². The number of carbonyl (C=O) groups is 1. The van der Waals surface area contributed by atoms with E-state index in [1.165, 1.54) is 6.21 Å². The van der Waals surface area contributed by atoms with Gasteiger partial charge in [-0.2, -0.15) is 0 Å². The number of hydrogen-bond donors (Lipinski definition) is 0. The number of oxime groups is 1. The highest BCUT2D eigenvalue weighted by atomic mass is 16.6. The van der Waals surface area contributed by atoms with Gasteiger partial charge in [-0.1, -0.05) is 35.5 Å². The molecule has 0 aliphatic carbocycles. The molecule has 0 atom stereocenters. The lowest BCUT2D eigenvalue weighted by atomic mass is 10.2. The molecule has 0 bridgehead atoms. The molecule has 0 fully saturated rings. The zero-order chi connectivity index (χ0) is 9.52. The van der Waals surface area contributed by atoms with Gasteiger partial charge in [0.15, 0.2) is 6.61 Å². The number of nitrogens with zero attached hydrogens (tertiary/aromatic N) is 1. The lowest BCUT2D eigenvalue weighted by Gasteiger charge is -1.98. The standard InChI is InChI=1S/C9H9NO3/c11-9(12)7-13-10-6-8-4-2-1-3-5-8/h1-6H,7H2,(H,11,12)/p-1/b10-6+. The predicted molar refractivity (Wildman–Crippen MR) is 45.0 cm³/mol. The van der Waals surface area contributed by atoms with Gasteiger partial charge in [0, 0.05) is 0 Å². The Labute approximate surface area is 75.4 Å². The number of benzene rings is 1. The minimum atomic E-state index is -1.29. The first-order chi connectivity index (χ1) is 6.29. The van der Waals surface area contributed by atoms with Crippen LogP contribution in [-0.2, 0) is 9.63 Å². The second-order valence-electron chi connectivity index (χ2n) is 2.29. The van der Waals surface area contributed by atoms with Crippen LogP contribution in [0.1, 0.15) is 5.56 Å². The van der Waals surface area contributed by atoms with Crippen LogP contribution in [0, 0.1) is 0 Å². The lowest BCUT2D eigenvalue weighted by molar-refractivity contribution is -0.309. The average molecular weight is 178 g/mol. The summed E-state index contributed by atoms with van der Waals surface area (Å²) in [6.07, 6.45) is 1.43. The summed E-state index contributed by atoms with van der Waals surface area (Å²) in [5.74, 6) is -1.29. The fourth-order valence-electron chi connectivity index (χ4n) is 0.727. The van der Waals surface area contributed by atoms with Gasteiger partial charge in [0.2, 0.25) is 0 Å². The minimum Gasteiger partial charge on any atom is -0.546 e. The highest BCUT2D eigenvalue weighted by Gasteiger charge is 1.84. The van der Waals surface area contributed by atoms with Crippen molar-refractivity contribution in [3.63, 3.8) is 0 Å². The molecule has 1 aromatic rings. The van der Waals surface area contributed by atoms with E-state index in [4.69, 9.17) is 0 Å². The maximum Gasteiger partial charge on any atom is 0.156 e. The van der Waals surface area contributed by atoms with E-state index in [0.717, 1.165) is 5.56 Å². The molecule has 0 heterocycles. The maximum absolute atomic E-state index is 9.90. The molecule has 0 amide bonds. The predicted octanol–water partition coefficient (Wildman–Crippen LogP) is -0.213. The van der Waals surface area contributed by atoms with Crippen molar-refractivity contribution < 1.29 is 14.7 Å². The fourth-order valence-corrected chi connectivity index (χ4v) is 0.727. The molecule has 13 heavy (non-hydrogen) atoms. The van der Waals surface area contributed by atoms with Gasteiger partial charge in [-0.25, -0.2) is 0 Å². The van der Waals surface area contributed by atoms with Crippen LogP contribution < -0.4 is 5.11 Å². The molecule has 4 heteroatoms. The third-order valence-corrected chi connectivity index (χ3v) is 1.26. The molecule has 68 valence electrons. The van der Waals surface area contributed by atoms with Gasteiger partial charge in [0.05, 0.1) is 12.2 Å². The summed E-state index contributed by atoms with van der Waals surface area (Å²) in [6, 6.07) is 9.22. The molecule has 0 saturated heterocycles. The van der Waals surface area contributed by atoms with Gasteiger partial charge in [0.1, 0.15) is 0 Å². The van der Waals surface area contributed by atoms with Crippen molar-refractivity contribution in [1.82, 2.24) is 0 Å². The van der Waals surface area contributed by atoms with E-state index in [2.05, 4.69) is 9.99 Å². The first kappa shape index (κ1) is 9.25. The van der Waals surface area contributed by atoms with Crippen molar-refractivity contribution in [3.05, 3.63) is 35.9 Å². The molecule has 0 unspecified atom stereocenters. The van der Waals surface area contributed by atoms with Gasteiger partial charge >= 0.3 is 0 Å². The molecule has 0 saturated carbocycles. The van der Waals surface area contributed by atoms with E-state index in [1.54, 1.807) is 0 Å². The first-order valence-corrected chi connectivity index (χ1v) is 3.69. The zero-order valence-corrected chi connectivity index (χ0v) is 6.84.